The van der Waals surface area contributed by atoms with E-state index in [2.05, 4.69) is 4.74 Å². The maximum absolute atomic E-state index is 10.8. The summed E-state index contributed by atoms with van der Waals surface area (Å²) in [4.78, 5) is 10.8. The van der Waals surface area contributed by atoms with Gasteiger partial charge in [-0.05, 0) is 11.6 Å². The fourth-order valence-electron chi connectivity index (χ4n) is 0.871. The summed E-state index contributed by atoms with van der Waals surface area (Å²) in [6.45, 7) is 0. The molecule has 68 valence electrons. The van der Waals surface area contributed by atoms with Gasteiger partial charge < -0.3 is 9.84 Å². The number of rotatable bonds is 2. The highest BCUT2D eigenvalue weighted by Gasteiger charge is 2.05. The molecule has 13 heavy (non-hydrogen) atoms. The number of benzene rings is 1. The minimum atomic E-state index is -0.733. The summed E-state index contributed by atoms with van der Waals surface area (Å²) in [6, 6.07) is 9.04. The number of methoxy groups -OCH3 is 1. The molecule has 0 atom stereocenters. The quantitative estimate of drug-likeness (QED) is 0.332. The minimum absolute atomic E-state index is 0.395. The first kappa shape index (κ1) is 9.32. The Morgan fingerprint density at radius 2 is 2.00 bits per heavy atom. The Bertz CT molecular complexity index is 314. The normalized spacial score (nSPS) is 11.0. The summed E-state index contributed by atoms with van der Waals surface area (Å²) in [7, 11) is 1.22. The predicted octanol–water partition coefficient (Wildman–Crippen LogP) is 1.76. The lowest BCUT2D eigenvalue weighted by atomic mass is 11.2. The molecule has 0 saturated carbocycles. The first-order valence-corrected chi connectivity index (χ1v) is 3.78. The average molecular weight is 187 g/mol. The second kappa shape index (κ2) is 4.30. The van der Waals surface area contributed by atoms with E-state index in [1.165, 1.54) is 13.2 Å². The Hall–Kier alpha value is -1.77. The maximum Gasteiger partial charge on any atom is 0.373 e. The third-order valence-corrected chi connectivity index (χ3v) is 1.50. The molecule has 1 rings (SSSR count). The van der Waals surface area contributed by atoms with Crippen molar-refractivity contribution in [1.29, 1.82) is 0 Å². The summed E-state index contributed by atoms with van der Waals surface area (Å²) in [5.74, 6) is -1.13. The van der Waals surface area contributed by atoms with Gasteiger partial charge in [-0.1, -0.05) is 30.3 Å². The number of aliphatic hydroxyl groups is 1. The van der Waals surface area contributed by atoms with E-state index in [-0.39, 0.29) is 0 Å². The van der Waals surface area contributed by atoms with Crippen LogP contribution >= 0.6 is 0 Å². The molecule has 0 saturated heterocycles. The number of esters is 1. The molecular formula is C10H10O3. The van der Waals surface area contributed by atoms with Crippen molar-refractivity contribution in [2.45, 2.75) is 0 Å². The van der Waals surface area contributed by atoms with Gasteiger partial charge in [0.25, 0.3) is 0 Å². The Kier molecular flexibility index (Phi) is 3.09. The molecule has 0 radical (unpaired) electrons. The van der Waals surface area contributed by atoms with Crippen molar-refractivity contribution >= 4 is 12.0 Å². The average Bonchev–Trinajstić information content (AvgIpc) is 2.18. The van der Waals surface area contributed by atoms with Crippen LogP contribution in [0.25, 0.3) is 6.08 Å². The smallest absolute Gasteiger partial charge is 0.373 e. The van der Waals surface area contributed by atoms with E-state index >= 15 is 0 Å². The van der Waals surface area contributed by atoms with E-state index < -0.39 is 11.7 Å². The van der Waals surface area contributed by atoms with Crippen molar-refractivity contribution in [3.05, 3.63) is 41.7 Å². The minimum Gasteiger partial charge on any atom is -0.502 e. The van der Waals surface area contributed by atoms with Gasteiger partial charge in [0.15, 0.2) is 0 Å². The van der Waals surface area contributed by atoms with Crippen molar-refractivity contribution in [2.24, 2.45) is 0 Å². The van der Waals surface area contributed by atoms with Gasteiger partial charge in [0, 0.05) is 0 Å². The molecule has 0 aliphatic carbocycles. The molecule has 0 aliphatic heterocycles. The van der Waals surface area contributed by atoms with E-state index in [0.29, 0.717) is 0 Å². The molecule has 0 fully saturated rings. The summed E-state index contributed by atoms with van der Waals surface area (Å²) in [5, 5.41) is 9.16. The SMILES string of the molecule is CO[13C](=O)/[13C](O)=[13CH]/[13c]1[13cH][13cH][13cH][13cH][13cH]1. The molecular weight excluding hydrogens is 177 g/mol. The third kappa shape index (κ3) is 2.63. The molecule has 3 nitrogen and oxygen atoms in total. The van der Waals surface area contributed by atoms with Crippen LogP contribution < -0.4 is 0 Å². The lowest BCUT2D eigenvalue weighted by Crippen LogP contribution is -2.03. The van der Waals surface area contributed by atoms with Crippen LogP contribution in [0.4, 0.5) is 0 Å². The fraction of sp³-hybridized carbons (Fsp3) is 0.100. The highest BCUT2D eigenvalue weighted by molar-refractivity contribution is 5.90. The van der Waals surface area contributed by atoms with E-state index in [4.69, 9.17) is 5.11 Å². The first-order chi connectivity index (χ1) is 6.24. The van der Waals surface area contributed by atoms with Crippen molar-refractivity contribution < 1.29 is 14.6 Å². The molecule has 0 amide bonds. The molecule has 0 spiro atoms. The molecule has 0 aliphatic rings. The number of aliphatic hydroxyl groups excluding tert-OH is 1. The Labute approximate surface area is 76.3 Å². The van der Waals surface area contributed by atoms with Crippen molar-refractivity contribution in [3.8, 4) is 0 Å². The van der Waals surface area contributed by atoms with Gasteiger partial charge in [-0.2, -0.15) is 0 Å². The first-order valence-electron chi connectivity index (χ1n) is 3.78. The van der Waals surface area contributed by atoms with Crippen LogP contribution in [0.5, 0.6) is 0 Å². The molecule has 0 aromatic heterocycles. The summed E-state index contributed by atoms with van der Waals surface area (Å²) >= 11 is 0. The molecule has 0 bridgehead atoms. The third-order valence-electron chi connectivity index (χ3n) is 1.50. The van der Waals surface area contributed by atoms with Gasteiger partial charge in [0.05, 0.1) is 7.11 Å². The largest absolute Gasteiger partial charge is 0.502 e. The van der Waals surface area contributed by atoms with Crippen molar-refractivity contribution in [3.63, 3.8) is 0 Å². The van der Waals surface area contributed by atoms with Gasteiger partial charge >= 0.3 is 5.97 Å². The van der Waals surface area contributed by atoms with Gasteiger partial charge in [0.1, 0.15) is 0 Å². The van der Waals surface area contributed by atoms with E-state index in [9.17, 15) is 4.79 Å². The topological polar surface area (TPSA) is 46.5 Å². The second-order valence-corrected chi connectivity index (χ2v) is 2.43. The monoisotopic (exact) mass is 187 g/mol. The second-order valence-electron chi connectivity index (χ2n) is 2.43. The molecule has 0 heterocycles. The van der Waals surface area contributed by atoms with Crippen LogP contribution in [0.15, 0.2) is 36.1 Å². The van der Waals surface area contributed by atoms with Crippen LogP contribution in [0, 0.1) is 0 Å². The lowest BCUT2D eigenvalue weighted by Gasteiger charge is -1.96. The summed E-state index contributed by atoms with van der Waals surface area (Å²) in [5.41, 5.74) is 0.755. The Morgan fingerprint density at radius 3 is 2.54 bits per heavy atom. The highest BCUT2D eigenvalue weighted by Crippen LogP contribution is 2.04. The zero-order chi connectivity index (χ0) is 9.68. The number of hydrogen-bond donors (Lipinski definition) is 1. The van der Waals surface area contributed by atoms with Crippen molar-refractivity contribution in [1.82, 2.24) is 0 Å². The molecule has 1 aromatic carbocycles. The molecule has 3 heteroatoms. The van der Waals surface area contributed by atoms with Crippen LogP contribution in [0.1, 0.15) is 5.56 Å². The van der Waals surface area contributed by atoms with E-state index in [1.54, 1.807) is 12.1 Å². The van der Waals surface area contributed by atoms with E-state index in [1.807, 2.05) is 18.2 Å². The van der Waals surface area contributed by atoms with Crippen LogP contribution in [-0.4, -0.2) is 18.2 Å². The zero-order valence-electron chi connectivity index (χ0n) is 7.23. The van der Waals surface area contributed by atoms with Crippen molar-refractivity contribution in [2.75, 3.05) is 7.11 Å². The highest BCUT2D eigenvalue weighted by atomic mass is 16.6. The number of carbonyl (C=O) groups is 1. The number of hydrogen-bond acceptors (Lipinski definition) is 3. The summed E-state index contributed by atoms with van der Waals surface area (Å²) < 4.78 is 4.33. The predicted molar refractivity (Wildman–Crippen MR) is 49.1 cm³/mol. The number of carbonyl (C=O) groups excluding carboxylic acids is 1. The Balaban J connectivity index is 2.83. The Morgan fingerprint density at radius 1 is 1.38 bits per heavy atom. The lowest BCUT2D eigenvalue weighted by molar-refractivity contribution is -0.138. The van der Waals surface area contributed by atoms with Gasteiger partial charge in [0.2, 0.25) is 5.76 Å². The summed E-state index contributed by atoms with van der Waals surface area (Å²) in [6.07, 6.45) is 1.35. The van der Waals surface area contributed by atoms with Gasteiger partial charge in [-0.25, -0.2) is 4.79 Å². The number of ether oxygens (including phenoxy) is 1. The van der Waals surface area contributed by atoms with Gasteiger partial charge in [-0.15, -0.1) is 0 Å². The fourth-order valence-corrected chi connectivity index (χ4v) is 0.871. The standard InChI is InChI=1S/C10H10O3/c1-13-10(12)9(11)7-8-5-3-2-4-6-8/h2-7,11H,1H3/b9-7-/i2+1,3+1,4+1,5+1,6+1,7+1,8+1,9+1,10+1. The molecule has 1 aromatic rings. The van der Waals surface area contributed by atoms with Crippen LogP contribution in [-0.2, 0) is 9.53 Å². The maximum atomic E-state index is 10.8. The van der Waals surface area contributed by atoms with Gasteiger partial charge in [-0.3, -0.25) is 0 Å². The molecule has 1 N–H and O–H groups in total. The zero-order valence-corrected chi connectivity index (χ0v) is 7.23. The molecule has 0 unspecified atom stereocenters. The van der Waals surface area contributed by atoms with Crippen LogP contribution in [0.3, 0.4) is 0 Å². The van der Waals surface area contributed by atoms with E-state index in [0.717, 1.165) is 5.56 Å². The van der Waals surface area contributed by atoms with Crippen LogP contribution in [0.2, 0.25) is 0 Å².